The number of nitrogens with zero attached hydrogens (tertiary/aromatic N) is 4. The van der Waals surface area contributed by atoms with Crippen LogP contribution in [0.15, 0.2) is 42.5 Å². The number of aromatic nitrogens is 2. The van der Waals surface area contributed by atoms with E-state index in [1.165, 1.54) is 70.3 Å². The van der Waals surface area contributed by atoms with Gasteiger partial charge in [0.1, 0.15) is 5.65 Å². The van der Waals surface area contributed by atoms with Crippen molar-refractivity contribution in [1.29, 1.82) is 0 Å². The number of pyridine rings is 1. The Morgan fingerprint density at radius 2 is 1.62 bits per heavy atom. The van der Waals surface area contributed by atoms with E-state index in [9.17, 15) is 0 Å². The van der Waals surface area contributed by atoms with Gasteiger partial charge in [0.15, 0.2) is 0 Å². The van der Waals surface area contributed by atoms with E-state index in [1.807, 2.05) is 0 Å². The molecule has 0 unspecified atom stereocenters. The van der Waals surface area contributed by atoms with Crippen molar-refractivity contribution in [3.8, 4) is 5.69 Å². The largest absolute Gasteiger partial charge is 0.370 e. The molecular formula is C30H38N4. The van der Waals surface area contributed by atoms with E-state index in [0.717, 1.165) is 37.4 Å². The van der Waals surface area contributed by atoms with E-state index in [-0.39, 0.29) is 0 Å². The summed E-state index contributed by atoms with van der Waals surface area (Å²) < 4.78 is 2.41. The van der Waals surface area contributed by atoms with Crippen molar-refractivity contribution >= 4 is 27.6 Å². The first-order valence-corrected chi connectivity index (χ1v) is 12.9. The lowest BCUT2D eigenvalue weighted by atomic mass is 10.0. The van der Waals surface area contributed by atoms with Crippen LogP contribution in [0.3, 0.4) is 0 Å². The summed E-state index contributed by atoms with van der Waals surface area (Å²) in [5, 5.41) is 2.58. The van der Waals surface area contributed by atoms with Crippen molar-refractivity contribution in [2.75, 3.05) is 37.6 Å². The summed E-state index contributed by atoms with van der Waals surface area (Å²) in [4.78, 5) is 10.4. The second kappa shape index (κ2) is 9.42. The van der Waals surface area contributed by atoms with Crippen molar-refractivity contribution in [2.24, 2.45) is 0 Å². The van der Waals surface area contributed by atoms with Gasteiger partial charge in [-0.25, -0.2) is 4.98 Å². The zero-order valence-electron chi connectivity index (χ0n) is 21.5. The highest BCUT2D eigenvalue weighted by molar-refractivity contribution is 6.14. The summed E-state index contributed by atoms with van der Waals surface area (Å²) in [7, 11) is 0. The first-order valence-electron chi connectivity index (χ1n) is 12.9. The average molecular weight is 455 g/mol. The van der Waals surface area contributed by atoms with Crippen molar-refractivity contribution < 1.29 is 0 Å². The Hall–Kier alpha value is -2.85. The lowest BCUT2D eigenvalue weighted by Crippen LogP contribution is -2.34. The fraction of sp³-hybridized carbons (Fsp3) is 0.433. The molecule has 0 bridgehead atoms. The van der Waals surface area contributed by atoms with Gasteiger partial charge in [-0.15, -0.1) is 0 Å². The number of likely N-dealkylation sites (tertiary alicyclic amines) is 1. The summed E-state index contributed by atoms with van der Waals surface area (Å²) in [5.74, 6) is 0. The molecule has 4 heteroatoms. The molecule has 0 saturated carbocycles. The monoisotopic (exact) mass is 454 g/mol. The Morgan fingerprint density at radius 1 is 0.912 bits per heavy atom. The predicted octanol–water partition coefficient (Wildman–Crippen LogP) is 6.72. The van der Waals surface area contributed by atoms with Crippen LogP contribution in [0.2, 0.25) is 0 Å². The molecule has 1 fully saturated rings. The summed E-state index contributed by atoms with van der Waals surface area (Å²) in [5.41, 5.74) is 9.89. The fourth-order valence-corrected chi connectivity index (χ4v) is 5.95. The Kier molecular flexibility index (Phi) is 6.35. The van der Waals surface area contributed by atoms with Gasteiger partial charge in [0.2, 0.25) is 0 Å². The highest BCUT2D eigenvalue weighted by atomic mass is 15.2. The molecule has 34 heavy (non-hydrogen) atoms. The van der Waals surface area contributed by atoms with Crippen LogP contribution in [0.5, 0.6) is 0 Å². The van der Waals surface area contributed by atoms with Crippen molar-refractivity contribution in [3.63, 3.8) is 0 Å². The molecule has 1 aliphatic heterocycles. The topological polar surface area (TPSA) is 24.3 Å². The number of benzene rings is 2. The van der Waals surface area contributed by atoms with Gasteiger partial charge in [-0.05, 0) is 83.3 Å². The zero-order chi connectivity index (χ0) is 23.8. The van der Waals surface area contributed by atoms with Crippen molar-refractivity contribution in [2.45, 2.75) is 53.9 Å². The van der Waals surface area contributed by atoms with E-state index < -0.39 is 0 Å². The molecule has 2 aromatic heterocycles. The van der Waals surface area contributed by atoms with Gasteiger partial charge in [0, 0.05) is 30.7 Å². The standard InChI is InChI=1S/C30H38N4/c1-6-13-33(17-16-32-14-9-10-15-32)27-20-24(5)31-30-28(27)25-11-7-8-12-26(25)34(30)29-22(3)18-21(2)19-23(29)4/h7-8,11-12,18-20H,6,9-10,13-17H2,1-5H3. The number of para-hydroxylation sites is 1. The normalized spacial score (nSPS) is 14.5. The van der Waals surface area contributed by atoms with E-state index in [2.05, 4.69) is 91.5 Å². The lowest BCUT2D eigenvalue weighted by molar-refractivity contribution is 0.344. The molecule has 0 spiro atoms. The van der Waals surface area contributed by atoms with Crippen molar-refractivity contribution in [3.05, 3.63) is 64.8 Å². The number of aryl methyl sites for hydroxylation is 4. The number of hydrogen-bond acceptors (Lipinski definition) is 3. The van der Waals surface area contributed by atoms with Gasteiger partial charge in [-0.3, -0.25) is 4.57 Å². The Balaban J connectivity index is 1.74. The molecule has 5 rings (SSSR count). The van der Waals surface area contributed by atoms with E-state index in [1.54, 1.807) is 0 Å². The first kappa shape index (κ1) is 22.9. The molecule has 1 aliphatic rings. The number of anilines is 1. The van der Waals surface area contributed by atoms with Gasteiger partial charge in [0.05, 0.1) is 22.3 Å². The Labute approximate surface area is 204 Å². The third-order valence-corrected chi connectivity index (χ3v) is 7.31. The maximum atomic E-state index is 5.16. The van der Waals surface area contributed by atoms with E-state index in [4.69, 9.17) is 4.98 Å². The molecule has 178 valence electrons. The smallest absolute Gasteiger partial charge is 0.147 e. The minimum absolute atomic E-state index is 1.06. The molecule has 0 N–H and O–H groups in total. The third kappa shape index (κ3) is 4.09. The second-order valence-electron chi connectivity index (χ2n) is 10.1. The molecule has 0 aliphatic carbocycles. The molecule has 2 aromatic carbocycles. The summed E-state index contributed by atoms with van der Waals surface area (Å²) >= 11 is 0. The first-order chi connectivity index (χ1) is 16.5. The van der Waals surface area contributed by atoms with Crippen LogP contribution in [0, 0.1) is 27.7 Å². The molecule has 0 amide bonds. The van der Waals surface area contributed by atoms with Gasteiger partial charge < -0.3 is 9.80 Å². The van der Waals surface area contributed by atoms with Gasteiger partial charge in [0.25, 0.3) is 0 Å². The third-order valence-electron chi connectivity index (χ3n) is 7.31. The summed E-state index contributed by atoms with van der Waals surface area (Å²) in [6.07, 6.45) is 3.82. The number of rotatable bonds is 7. The maximum absolute atomic E-state index is 5.16. The molecule has 4 aromatic rings. The van der Waals surface area contributed by atoms with Crippen LogP contribution in [0.4, 0.5) is 5.69 Å². The maximum Gasteiger partial charge on any atom is 0.147 e. The average Bonchev–Trinajstić information content (AvgIpc) is 3.42. The summed E-state index contributed by atoms with van der Waals surface area (Å²) in [6.45, 7) is 16.8. The number of hydrogen-bond donors (Lipinski definition) is 0. The van der Waals surface area contributed by atoms with Gasteiger partial charge >= 0.3 is 0 Å². The van der Waals surface area contributed by atoms with E-state index >= 15 is 0 Å². The van der Waals surface area contributed by atoms with E-state index in [0.29, 0.717) is 0 Å². The SMILES string of the molecule is CCCN(CCN1CCCC1)c1cc(C)nc2c1c1ccccc1n2-c1c(C)cc(C)cc1C. The molecule has 0 radical (unpaired) electrons. The van der Waals surface area contributed by atoms with Crippen LogP contribution >= 0.6 is 0 Å². The van der Waals surface area contributed by atoms with Crippen LogP contribution in [-0.2, 0) is 0 Å². The molecule has 3 heterocycles. The van der Waals surface area contributed by atoms with Crippen LogP contribution < -0.4 is 4.90 Å². The zero-order valence-corrected chi connectivity index (χ0v) is 21.5. The van der Waals surface area contributed by atoms with Crippen LogP contribution in [0.1, 0.15) is 48.6 Å². The minimum Gasteiger partial charge on any atom is -0.370 e. The van der Waals surface area contributed by atoms with Crippen molar-refractivity contribution in [1.82, 2.24) is 14.5 Å². The van der Waals surface area contributed by atoms with Gasteiger partial charge in [-0.1, -0.05) is 42.8 Å². The van der Waals surface area contributed by atoms with Crippen LogP contribution in [0.25, 0.3) is 27.6 Å². The molecule has 1 saturated heterocycles. The van der Waals surface area contributed by atoms with Gasteiger partial charge in [-0.2, -0.15) is 0 Å². The molecular weight excluding hydrogens is 416 g/mol. The highest BCUT2D eigenvalue weighted by Crippen LogP contribution is 2.39. The predicted molar refractivity (Wildman–Crippen MR) is 146 cm³/mol. The Morgan fingerprint density at radius 3 is 2.32 bits per heavy atom. The molecule has 4 nitrogen and oxygen atoms in total. The highest BCUT2D eigenvalue weighted by Gasteiger charge is 2.22. The quantitative estimate of drug-likeness (QED) is 0.310. The second-order valence-corrected chi connectivity index (χ2v) is 10.1. The summed E-state index contributed by atoms with van der Waals surface area (Å²) in [6, 6.07) is 15.7. The fourth-order valence-electron chi connectivity index (χ4n) is 5.95. The minimum atomic E-state index is 1.06. The lowest BCUT2D eigenvalue weighted by Gasteiger charge is -2.28. The Bertz CT molecular complexity index is 1300. The molecule has 0 atom stereocenters. The van der Waals surface area contributed by atoms with Crippen LogP contribution in [-0.4, -0.2) is 47.2 Å². The number of fused-ring (bicyclic) bond motifs is 3.